The second kappa shape index (κ2) is 9.06. The van der Waals surface area contributed by atoms with E-state index in [9.17, 15) is 23.1 Å². The summed E-state index contributed by atoms with van der Waals surface area (Å²) in [4.78, 5) is 11.4. The first-order valence-corrected chi connectivity index (χ1v) is 12.2. The number of ether oxygens (including phenoxy) is 1. The van der Waals surface area contributed by atoms with Crippen molar-refractivity contribution in [2.75, 3.05) is 0 Å². The number of nitrogens with one attached hydrogen (secondary N) is 1. The fourth-order valence-corrected chi connectivity index (χ4v) is 5.53. The molecule has 0 heterocycles. The Labute approximate surface area is 198 Å². The lowest BCUT2D eigenvalue weighted by Crippen LogP contribution is -2.59. The highest BCUT2D eigenvalue weighted by Crippen LogP contribution is 2.47. The molecule has 2 N–H and O–H groups in total. The first-order chi connectivity index (χ1) is 15.9. The number of halogens is 3. The van der Waals surface area contributed by atoms with Gasteiger partial charge in [0.05, 0.1) is 12.0 Å². The molecular weight excluding hydrogens is 443 g/mol. The summed E-state index contributed by atoms with van der Waals surface area (Å²) in [5.74, 6) is -0.743. The Balaban J connectivity index is 1.62. The van der Waals surface area contributed by atoms with Crippen LogP contribution in [0.3, 0.4) is 0 Å². The molecule has 0 bridgehead atoms. The van der Waals surface area contributed by atoms with E-state index in [1.165, 1.54) is 6.07 Å². The Morgan fingerprint density at radius 1 is 1.15 bits per heavy atom. The topological polar surface area (TPSA) is 58.6 Å². The van der Waals surface area contributed by atoms with Crippen molar-refractivity contribution in [2.45, 2.75) is 84.2 Å². The van der Waals surface area contributed by atoms with E-state index in [2.05, 4.69) is 12.2 Å². The number of carbonyl (C=O) groups is 1. The first-order valence-electron chi connectivity index (χ1n) is 12.2. The molecule has 2 aliphatic rings. The maximum absolute atomic E-state index is 14.3. The average molecular weight is 478 g/mol. The van der Waals surface area contributed by atoms with Gasteiger partial charge in [-0.25, -0.2) is 0 Å². The van der Waals surface area contributed by atoms with Crippen molar-refractivity contribution in [3.05, 3.63) is 41.5 Å². The van der Waals surface area contributed by atoms with Crippen LogP contribution in [0.25, 0.3) is 10.8 Å². The molecule has 0 aliphatic heterocycles. The second-order valence-corrected chi connectivity index (χ2v) is 10.8. The molecular formula is C27H34F3NO3. The Kier molecular flexibility index (Phi) is 6.62. The minimum atomic E-state index is -4.54. The Morgan fingerprint density at radius 3 is 2.38 bits per heavy atom. The number of benzene rings is 2. The van der Waals surface area contributed by atoms with Gasteiger partial charge < -0.3 is 15.2 Å². The van der Waals surface area contributed by atoms with Gasteiger partial charge in [-0.2, -0.15) is 13.2 Å². The molecule has 7 heteroatoms. The third-order valence-corrected chi connectivity index (χ3v) is 8.06. The van der Waals surface area contributed by atoms with Crippen LogP contribution in [0.1, 0.15) is 77.0 Å². The van der Waals surface area contributed by atoms with Crippen LogP contribution in [0.2, 0.25) is 0 Å². The zero-order chi connectivity index (χ0) is 24.8. The van der Waals surface area contributed by atoms with Gasteiger partial charge in [-0.05, 0) is 78.8 Å². The highest BCUT2D eigenvalue weighted by atomic mass is 19.4. The number of fused-ring (bicyclic) bond motifs is 1. The van der Waals surface area contributed by atoms with Crippen LogP contribution in [-0.2, 0) is 11.0 Å². The minimum absolute atomic E-state index is 0.0234. The van der Waals surface area contributed by atoms with Gasteiger partial charge in [0, 0.05) is 12.1 Å². The van der Waals surface area contributed by atoms with E-state index in [4.69, 9.17) is 4.74 Å². The highest BCUT2D eigenvalue weighted by Gasteiger charge is 2.52. The predicted molar refractivity (Wildman–Crippen MR) is 126 cm³/mol. The third kappa shape index (κ3) is 4.77. The van der Waals surface area contributed by atoms with Crippen molar-refractivity contribution >= 4 is 16.7 Å². The smallest absolute Gasteiger partial charge is 0.420 e. The maximum atomic E-state index is 14.3. The fraction of sp³-hybridized carbons (Fsp3) is 0.593. The molecule has 186 valence electrons. The molecule has 0 spiro atoms. The summed E-state index contributed by atoms with van der Waals surface area (Å²) < 4.78 is 48.7. The van der Waals surface area contributed by atoms with Crippen molar-refractivity contribution in [1.29, 1.82) is 0 Å². The van der Waals surface area contributed by atoms with Crippen molar-refractivity contribution < 1.29 is 27.8 Å². The van der Waals surface area contributed by atoms with Crippen LogP contribution in [0, 0.1) is 17.3 Å². The summed E-state index contributed by atoms with van der Waals surface area (Å²) >= 11 is 0. The van der Waals surface area contributed by atoms with Crippen LogP contribution in [-0.4, -0.2) is 23.2 Å². The Morgan fingerprint density at radius 2 is 1.79 bits per heavy atom. The Hall–Kier alpha value is -2.28. The monoisotopic (exact) mass is 477 g/mol. The number of alkyl halides is 3. The maximum Gasteiger partial charge on any atom is 0.420 e. The first kappa shape index (κ1) is 24.8. The van der Waals surface area contributed by atoms with Gasteiger partial charge in [0.25, 0.3) is 0 Å². The molecule has 2 aromatic rings. The SMILES string of the molecule is CC(N[C@@H]1C[C@H](C(=O)O)C1(C)C)c1ccc2ccc(O[C@H]3CC[C@@H](C)CC3)c(C(F)(F)F)c2c1. The summed E-state index contributed by atoms with van der Waals surface area (Å²) in [7, 11) is 0. The molecule has 4 nitrogen and oxygen atoms in total. The van der Waals surface area contributed by atoms with E-state index in [-0.39, 0.29) is 29.3 Å². The van der Waals surface area contributed by atoms with Gasteiger partial charge in [-0.3, -0.25) is 4.79 Å². The number of hydrogen-bond donors (Lipinski definition) is 2. The van der Waals surface area contributed by atoms with Crippen LogP contribution in [0.15, 0.2) is 30.3 Å². The zero-order valence-electron chi connectivity index (χ0n) is 20.2. The van der Waals surface area contributed by atoms with Crippen molar-refractivity contribution in [1.82, 2.24) is 5.32 Å². The quantitative estimate of drug-likeness (QED) is 0.472. The standard InChI is InChI=1S/C27H34F3NO3/c1-15-5-10-19(11-6-15)34-22-12-9-17-7-8-18(13-20(17)24(22)27(28,29)30)16(2)31-23-14-21(25(32)33)26(23,3)4/h7-9,12-13,15-16,19,21,23,31H,5-6,10-11,14H2,1-4H3,(H,32,33)/t15-,16?,19+,21-,23-/m1/s1. The van der Waals surface area contributed by atoms with Gasteiger partial charge in [0.1, 0.15) is 11.3 Å². The van der Waals surface area contributed by atoms with Crippen LogP contribution in [0.5, 0.6) is 5.75 Å². The normalized spacial score (nSPS) is 27.7. The van der Waals surface area contributed by atoms with E-state index >= 15 is 0 Å². The highest BCUT2D eigenvalue weighted by molar-refractivity contribution is 5.89. The van der Waals surface area contributed by atoms with Crippen LogP contribution >= 0.6 is 0 Å². The second-order valence-electron chi connectivity index (χ2n) is 10.8. The van der Waals surface area contributed by atoms with E-state index in [1.54, 1.807) is 18.2 Å². The predicted octanol–water partition coefficient (Wildman–Crippen LogP) is 6.97. The van der Waals surface area contributed by atoms with E-state index in [0.717, 1.165) is 31.2 Å². The van der Waals surface area contributed by atoms with E-state index in [0.29, 0.717) is 17.7 Å². The largest absolute Gasteiger partial charge is 0.490 e. The van der Waals surface area contributed by atoms with Gasteiger partial charge in [0.2, 0.25) is 0 Å². The van der Waals surface area contributed by atoms with Crippen molar-refractivity contribution in [2.24, 2.45) is 17.3 Å². The molecule has 0 radical (unpaired) electrons. The van der Waals surface area contributed by atoms with Gasteiger partial charge in [0.15, 0.2) is 0 Å². The molecule has 0 aromatic heterocycles. The molecule has 2 aliphatic carbocycles. The summed E-state index contributed by atoms with van der Waals surface area (Å²) in [6, 6.07) is 8.05. The number of hydrogen-bond acceptors (Lipinski definition) is 3. The van der Waals surface area contributed by atoms with Gasteiger partial charge in [-0.15, -0.1) is 0 Å². The van der Waals surface area contributed by atoms with Crippen molar-refractivity contribution in [3.63, 3.8) is 0 Å². The third-order valence-electron chi connectivity index (χ3n) is 8.06. The van der Waals surface area contributed by atoms with Crippen LogP contribution in [0.4, 0.5) is 13.2 Å². The molecule has 34 heavy (non-hydrogen) atoms. The van der Waals surface area contributed by atoms with Gasteiger partial charge in [-0.1, -0.05) is 39.0 Å². The molecule has 2 aromatic carbocycles. The number of rotatable bonds is 6. The summed E-state index contributed by atoms with van der Waals surface area (Å²) in [6.07, 6.45) is -0.761. The molecule has 3 atom stereocenters. The summed E-state index contributed by atoms with van der Waals surface area (Å²) in [5, 5.41) is 13.5. The Bertz CT molecular complexity index is 1060. The molecule has 2 fully saturated rings. The average Bonchev–Trinajstić information content (AvgIpc) is 2.76. The molecule has 0 saturated heterocycles. The van der Waals surface area contributed by atoms with E-state index < -0.39 is 29.0 Å². The molecule has 0 amide bonds. The lowest BCUT2D eigenvalue weighted by atomic mass is 9.58. The zero-order valence-corrected chi connectivity index (χ0v) is 20.2. The number of carboxylic acids is 1. The van der Waals surface area contributed by atoms with Gasteiger partial charge >= 0.3 is 12.1 Å². The lowest BCUT2D eigenvalue weighted by molar-refractivity contribution is -0.155. The number of aliphatic carboxylic acids is 1. The number of carboxylic acid groups (broad SMARTS) is 1. The van der Waals surface area contributed by atoms with E-state index in [1.807, 2.05) is 26.8 Å². The summed E-state index contributed by atoms with van der Waals surface area (Å²) in [5.41, 5.74) is -0.407. The van der Waals surface area contributed by atoms with Crippen molar-refractivity contribution in [3.8, 4) is 5.75 Å². The minimum Gasteiger partial charge on any atom is -0.490 e. The molecule has 1 unspecified atom stereocenters. The molecule has 4 rings (SSSR count). The fourth-order valence-electron chi connectivity index (χ4n) is 5.53. The summed E-state index contributed by atoms with van der Waals surface area (Å²) in [6.45, 7) is 7.90. The lowest BCUT2D eigenvalue weighted by Gasteiger charge is -2.51. The molecule has 2 saturated carbocycles. The van der Waals surface area contributed by atoms with Crippen LogP contribution < -0.4 is 10.1 Å².